The molecule has 0 spiro atoms. The number of rotatable bonds is 5. The van der Waals surface area contributed by atoms with Gasteiger partial charge in [-0.1, -0.05) is 12.1 Å². The van der Waals surface area contributed by atoms with E-state index in [0.29, 0.717) is 6.07 Å². The highest BCUT2D eigenvalue weighted by atomic mass is 19.4. The molecule has 0 radical (unpaired) electrons. The van der Waals surface area contributed by atoms with Crippen LogP contribution in [0.4, 0.5) is 30.2 Å². The summed E-state index contributed by atoms with van der Waals surface area (Å²) in [5.41, 5.74) is -3.92. The van der Waals surface area contributed by atoms with Crippen LogP contribution in [-0.2, 0) is 11.0 Å². The van der Waals surface area contributed by atoms with Gasteiger partial charge in [0.25, 0.3) is 17.3 Å². The SMILES string of the molecule is N#C/C(=C\c1cccc([N+](=O)[O-])c1)C(=O)Nc1ccc([N+](=O)[O-])cc1C(F)(F)F. The number of halogens is 3. The Bertz CT molecular complexity index is 1070. The number of amides is 1. The van der Waals surface area contributed by atoms with E-state index in [-0.39, 0.29) is 17.3 Å². The van der Waals surface area contributed by atoms with Gasteiger partial charge in [-0.15, -0.1) is 0 Å². The zero-order valence-electron chi connectivity index (χ0n) is 14.1. The largest absolute Gasteiger partial charge is 0.418 e. The molecule has 0 aliphatic rings. The Morgan fingerprint density at radius 3 is 2.24 bits per heavy atom. The molecule has 2 rings (SSSR count). The second-order valence-electron chi connectivity index (χ2n) is 5.46. The monoisotopic (exact) mass is 406 g/mol. The summed E-state index contributed by atoms with van der Waals surface area (Å²) in [7, 11) is 0. The van der Waals surface area contributed by atoms with Crippen LogP contribution in [-0.4, -0.2) is 15.8 Å². The highest BCUT2D eigenvalue weighted by Gasteiger charge is 2.35. The fourth-order valence-electron chi connectivity index (χ4n) is 2.22. The summed E-state index contributed by atoms with van der Waals surface area (Å²) in [6.07, 6.45) is -4.05. The average molecular weight is 406 g/mol. The maximum Gasteiger partial charge on any atom is 0.418 e. The van der Waals surface area contributed by atoms with Crippen molar-refractivity contribution in [2.24, 2.45) is 0 Å². The van der Waals surface area contributed by atoms with Crippen LogP contribution in [0.2, 0.25) is 0 Å². The number of hydrogen-bond acceptors (Lipinski definition) is 6. The maximum atomic E-state index is 13.2. The summed E-state index contributed by atoms with van der Waals surface area (Å²) in [6.45, 7) is 0. The van der Waals surface area contributed by atoms with Crippen LogP contribution in [0, 0.1) is 31.6 Å². The van der Waals surface area contributed by atoms with Crippen molar-refractivity contribution in [2.75, 3.05) is 5.32 Å². The van der Waals surface area contributed by atoms with Crippen LogP contribution < -0.4 is 5.32 Å². The number of nitro groups is 2. The Kier molecular flexibility index (Phi) is 5.93. The third kappa shape index (κ3) is 5.13. The quantitative estimate of drug-likeness (QED) is 0.344. The molecular weight excluding hydrogens is 397 g/mol. The molecule has 0 saturated carbocycles. The molecule has 2 aromatic carbocycles. The molecule has 0 aliphatic carbocycles. The van der Waals surface area contributed by atoms with E-state index < -0.39 is 44.4 Å². The van der Waals surface area contributed by atoms with Gasteiger partial charge >= 0.3 is 6.18 Å². The molecule has 0 heterocycles. The molecule has 9 nitrogen and oxygen atoms in total. The highest BCUT2D eigenvalue weighted by Crippen LogP contribution is 2.37. The Labute approximate surface area is 160 Å². The second-order valence-corrected chi connectivity index (χ2v) is 5.46. The lowest BCUT2D eigenvalue weighted by Crippen LogP contribution is -2.18. The average Bonchev–Trinajstić information content (AvgIpc) is 2.65. The number of carbonyl (C=O) groups excluding carboxylic acids is 1. The zero-order chi connectivity index (χ0) is 21.8. The topological polar surface area (TPSA) is 139 Å². The van der Waals surface area contributed by atoms with Crippen molar-refractivity contribution in [1.82, 2.24) is 0 Å². The number of non-ortho nitro benzene ring substituents is 2. The normalized spacial score (nSPS) is 11.4. The minimum absolute atomic E-state index is 0.102. The molecule has 1 N–H and O–H groups in total. The van der Waals surface area contributed by atoms with Gasteiger partial charge in [0.05, 0.1) is 21.1 Å². The van der Waals surface area contributed by atoms with Crippen molar-refractivity contribution in [2.45, 2.75) is 6.18 Å². The van der Waals surface area contributed by atoms with E-state index in [1.54, 1.807) is 0 Å². The lowest BCUT2D eigenvalue weighted by Gasteiger charge is -2.13. The lowest BCUT2D eigenvalue weighted by molar-refractivity contribution is -0.385. The van der Waals surface area contributed by atoms with E-state index in [4.69, 9.17) is 5.26 Å². The summed E-state index contributed by atoms with van der Waals surface area (Å²) < 4.78 is 39.5. The van der Waals surface area contributed by atoms with Crippen molar-refractivity contribution in [3.05, 3.63) is 79.4 Å². The van der Waals surface area contributed by atoms with Gasteiger partial charge in [0.1, 0.15) is 11.6 Å². The molecule has 0 bridgehead atoms. The van der Waals surface area contributed by atoms with E-state index in [9.17, 15) is 38.2 Å². The molecule has 1 amide bonds. The predicted octanol–water partition coefficient (Wildman–Crippen LogP) is 4.07. The molecule has 0 unspecified atom stereocenters. The fourth-order valence-corrected chi connectivity index (χ4v) is 2.22. The number of benzene rings is 2. The van der Waals surface area contributed by atoms with Gasteiger partial charge in [-0.25, -0.2) is 0 Å². The first-order chi connectivity index (χ1) is 13.5. The molecule has 0 aliphatic heterocycles. The van der Waals surface area contributed by atoms with Crippen LogP contribution in [0.1, 0.15) is 11.1 Å². The van der Waals surface area contributed by atoms with Crippen LogP contribution in [0.5, 0.6) is 0 Å². The van der Waals surface area contributed by atoms with Crippen LogP contribution in [0.15, 0.2) is 48.0 Å². The third-order valence-corrected chi connectivity index (χ3v) is 3.52. The maximum absolute atomic E-state index is 13.2. The highest BCUT2D eigenvalue weighted by molar-refractivity contribution is 6.10. The fraction of sp³-hybridized carbons (Fsp3) is 0.0588. The van der Waals surface area contributed by atoms with Crippen molar-refractivity contribution >= 4 is 29.0 Å². The summed E-state index contributed by atoms with van der Waals surface area (Å²) >= 11 is 0. The Hall–Kier alpha value is -4.27. The molecule has 29 heavy (non-hydrogen) atoms. The Morgan fingerprint density at radius 1 is 1.07 bits per heavy atom. The van der Waals surface area contributed by atoms with Gasteiger partial charge in [-0.05, 0) is 17.7 Å². The van der Waals surface area contributed by atoms with Gasteiger partial charge in [0.15, 0.2) is 0 Å². The number of nitro benzene ring substituents is 2. The van der Waals surface area contributed by atoms with E-state index in [1.807, 2.05) is 5.32 Å². The molecule has 2 aromatic rings. The van der Waals surface area contributed by atoms with Crippen LogP contribution >= 0.6 is 0 Å². The first-order valence-corrected chi connectivity index (χ1v) is 7.56. The molecule has 0 aromatic heterocycles. The van der Waals surface area contributed by atoms with Gasteiger partial charge in [-0.3, -0.25) is 25.0 Å². The van der Waals surface area contributed by atoms with Crippen molar-refractivity contribution in [3.63, 3.8) is 0 Å². The molecular formula is C17H9F3N4O5. The molecule has 0 saturated heterocycles. The first kappa shape index (κ1) is 21.0. The minimum Gasteiger partial charge on any atom is -0.321 e. The van der Waals surface area contributed by atoms with Crippen LogP contribution in [0.25, 0.3) is 6.08 Å². The van der Waals surface area contributed by atoms with Gasteiger partial charge in [0, 0.05) is 24.3 Å². The van der Waals surface area contributed by atoms with E-state index in [2.05, 4.69) is 0 Å². The lowest BCUT2D eigenvalue weighted by atomic mass is 10.1. The van der Waals surface area contributed by atoms with E-state index in [1.165, 1.54) is 24.3 Å². The second kappa shape index (κ2) is 8.17. The summed E-state index contributed by atoms with van der Waals surface area (Å²) in [5.74, 6) is -1.22. The third-order valence-electron chi connectivity index (χ3n) is 3.52. The van der Waals surface area contributed by atoms with Crippen LogP contribution in [0.3, 0.4) is 0 Å². The molecule has 12 heteroatoms. The molecule has 0 atom stereocenters. The van der Waals surface area contributed by atoms with E-state index >= 15 is 0 Å². The number of anilines is 1. The minimum atomic E-state index is -5.01. The first-order valence-electron chi connectivity index (χ1n) is 7.56. The predicted molar refractivity (Wildman–Crippen MR) is 93.4 cm³/mol. The van der Waals surface area contributed by atoms with Gasteiger partial charge in [0.2, 0.25) is 0 Å². The van der Waals surface area contributed by atoms with Crippen molar-refractivity contribution in [3.8, 4) is 6.07 Å². The number of nitriles is 1. The van der Waals surface area contributed by atoms with Crippen molar-refractivity contribution < 1.29 is 27.8 Å². The number of hydrogen-bond donors (Lipinski definition) is 1. The van der Waals surface area contributed by atoms with Crippen molar-refractivity contribution in [1.29, 1.82) is 5.26 Å². The Balaban J connectivity index is 2.40. The van der Waals surface area contributed by atoms with Gasteiger partial charge in [-0.2, -0.15) is 18.4 Å². The number of carbonyl (C=O) groups is 1. The standard InChI is InChI=1S/C17H9F3N4O5/c18-17(19,20)14-8-13(24(28)29)4-5-15(14)22-16(25)11(9-21)6-10-2-1-3-12(7-10)23(26)27/h1-8H,(H,22,25)/b11-6+. The smallest absolute Gasteiger partial charge is 0.321 e. The zero-order valence-corrected chi connectivity index (χ0v) is 14.1. The summed E-state index contributed by atoms with van der Waals surface area (Å²) in [6, 6.07) is 8.11. The number of nitrogens with one attached hydrogen (secondary N) is 1. The summed E-state index contributed by atoms with van der Waals surface area (Å²) in [5, 5.41) is 32.5. The van der Waals surface area contributed by atoms with E-state index in [0.717, 1.165) is 18.2 Å². The molecule has 148 valence electrons. The number of nitrogens with zero attached hydrogens (tertiary/aromatic N) is 3. The van der Waals surface area contributed by atoms with Gasteiger partial charge < -0.3 is 5.32 Å². The summed E-state index contributed by atoms with van der Waals surface area (Å²) in [4.78, 5) is 32.0. The Morgan fingerprint density at radius 2 is 1.69 bits per heavy atom. The molecule has 0 fully saturated rings. The number of alkyl halides is 3.